The summed E-state index contributed by atoms with van der Waals surface area (Å²) in [5.74, 6) is 0.555. The Morgan fingerprint density at radius 2 is 1.81 bits per heavy atom. The number of aromatic nitrogens is 1. The normalized spacial score (nSPS) is 16.0. The van der Waals surface area contributed by atoms with Gasteiger partial charge in [-0.1, -0.05) is 42.5 Å². The maximum atomic E-state index is 12.8. The summed E-state index contributed by atoms with van der Waals surface area (Å²) >= 11 is 0. The molecule has 1 atom stereocenters. The number of likely N-dealkylation sites (tertiary alicyclic amines) is 1. The molecule has 1 saturated heterocycles. The van der Waals surface area contributed by atoms with Gasteiger partial charge in [0.05, 0.1) is 13.0 Å². The van der Waals surface area contributed by atoms with Crippen molar-refractivity contribution < 1.29 is 14.7 Å². The van der Waals surface area contributed by atoms with Crippen LogP contribution in [0.25, 0.3) is 10.9 Å². The van der Waals surface area contributed by atoms with Gasteiger partial charge in [0.2, 0.25) is 11.8 Å². The van der Waals surface area contributed by atoms with E-state index in [0.29, 0.717) is 18.9 Å². The second-order valence-electron chi connectivity index (χ2n) is 8.27. The van der Waals surface area contributed by atoms with Crippen molar-refractivity contribution in [2.24, 2.45) is 5.92 Å². The van der Waals surface area contributed by atoms with Crippen LogP contribution in [0.3, 0.4) is 0 Å². The van der Waals surface area contributed by atoms with Gasteiger partial charge in [-0.3, -0.25) is 9.59 Å². The first-order chi connectivity index (χ1) is 15.1. The van der Waals surface area contributed by atoms with Crippen LogP contribution in [-0.2, 0) is 29.0 Å². The molecule has 6 nitrogen and oxygen atoms in total. The fourth-order valence-electron chi connectivity index (χ4n) is 4.32. The Labute approximate surface area is 182 Å². The smallest absolute Gasteiger partial charge is 0.242 e. The number of benzene rings is 2. The van der Waals surface area contributed by atoms with E-state index in [1.807, 2.05) is 39.9 Å². The van der Waals surface area contributed by atoms with E-state index in [0.717, 1.165) is 42.4 Å². The van der Waals surface area contributed by atoms with Crippen LogP contribution in [0.4, 0.5) is 0 Å². The van der Waals surface area contributed by atoms with Crippen LogP contribution < -0.4 is 5.32 Å². The van der Waals surface area contributed by atoms with E-state index >= 15 is 0 Å². The highest BCUT2D eigenvalue weighted by Crippen LogP contribution is 2.22. The van der Waals surface area contributed by atoms with Gasteiger partial charge in [0.25, 0.3) is 0 Å². The van der Waals surface area contributed by atoms with Crippen molar-refractivity contribution in [3.63, 3.8) is 0 Å². The number of amides is 2. The zero-order chi connectivity index (χ0) is 21.6. The van der Waals surface area contributed by atoms with Crippen LogP contribution >= 0.6 is 0 Å². The highest BCUT2D eigenvalue weighted by Gasteiger charge is 2.26. The topological polar surface area (TPSA) is 74.6 Å². The van der Waals surface area contributed by atoms with Crippen LogP contribution in [0.15, 0.2) is 60.8 Å². The van der Waals surface area contributed by atoms with Gasteiger partial charge in [0, 0.05) is 31.3 Å². The van der Waals surface area contributed by atoms with Gasteiger partial charge < -0.3 is 19.9 Å². The molecule has 1 aliphatic heterocycles. The van der Waals surface area contributed by atoms with Gasteiger partial charge in [-0.25, -0.2) is 0 Å². The maximum absolute atomic E-state index is 12.8. The first-order valence-corrected chi connectivity index (χ1v) is 10.9. The summed E-state index contributed by atoms with van der Waals surface area (Å²) in [5.41, 5.74) is 3.29. The van der Waals surface area contributed by atoms with Crippen LogP contribution in [-0.4, -0.2) is 52.6 Å². The van der Waals surface area contributed by atoms with E-state index in [2.05, 4.69) is 35.6 Å². The van der Waals surface area contributed by atoms with E-state index < -0.39 is 0 Å². The van der Waals surface area contributed by atoms with Gasteiger partial charge in [-0.05, 0) is 47.4 Å². The van der Waals surface area contributed by atoms with Gasteiger partial charge in [0.1, 0.15) is 6.54 Å². The van der Waals surface area contributed by atoms with Crippen molar-refractivity contribution in [2.45, 2.75) is 25.8 Å². The molecule has 162 valence electrons. The minimum absolute atomic E-state index is 0.0480. The average Bonchev–Trinajstić information content (AvgIpc) is 3.41. The fraction of sp³-hybridized carbons (Fsp3) is 0.360. The molecular formula is C25H29N3O3. The molecule has 1 fully saturated rings. The molecule has 1 aliphatic rings. The third-order valence-electron chi connectivity index (χ3n) is 5.97. The number of nitrogens with one attached hydrogen (secondary N) is 1. The van der Waals surface area contributed by atoms with Crippen molar-refractivity contribution in [3.05, 3.63) is 71.9 Å². The first kappa shape index (κ1) is 21.1. The summed E-state index contributed by atoms with van der Waals surface area (Å²) in [4.78, 5) is 26.6. The number of fused-ring (bicyclic) bond motifs is 1. The van der Waals surface area contributed by atoms with E-state index in [9.17, 15) is 9.59 Å². The molecular weight excluding hydrogens is 390 g/mol. The molecule has 2 N–H and O–H groups in total. The SMILES string of the molecule is O=C(Cc1ccc(CC2CCN(C(=O)Cn3ccc4ccccc43)C2)cc1)NCCO. The number of nitrogens with zero attached hydrogens (tertiary/aromatic N) is 2. The molecule has 2 aromatic carbocycles. The minimum atomic E-state index is -0.0813. The fourth-order valence-corrected chi connectivity index (χ4v) is 4.32. The first-order valence-electron chi connectivity index (χ1n) is 10.9. The van der Waals surface area contributed by atoms with Gasteiger partial charge in [-0.15, -0.1) is 0 Å². The predicted octanol–water partition coefficient (Wildman–Crippen LogP) is 2.38. The maximum Gasteiger partial charge on any atom is 0.242 e. The molecule has 0 bridgehead atoms. The number of hydrogen-bond donors (Lipinski definition) is 2. The second kappa shape index (κ2) is 9.79. The highest BCUT2D eigenvalue weighted by molar-refractivity contribution is 5.83. The van der Waals surface area contributed by atoms with E-state index in [1.165, 1.54) is 5.56 Å². The number of carbonyl (C=O) groups excluding carboxylic acids is 2. The number of para-hydroxylation sites is 1. The predicted molar refractivity (Wildman–Crippen MR) is 121 cm³/mol. The van der Waals surface area contributed by atoms with Crippen LogP contribution in [0, 0.1) is 5.92 Å². The second-order valence-corrected chi connectivity index (χ2v) is 8.27. The Balaban J connectivity index is 1.28. The molecule has 1 aromatic heterocycles. The third-order valence-corrected chi connectivity index (χ3v) is 5.97. The lowest BCUT2D eigenvalue weighted by Gasteiger charge is -2.17. The molecule has 3 aromatic rings. The molecule has 2 heterocycles. The van der Waals surface area contributed by atoms with Crippen molar-refractivity contribution in [3.8, 4) is 0 Å². The quantitative estimate of drug-likeness (QED) is 0.589. The zero-order valence-corrected chi connectivity index (χ0v) is 17.7. The van der Waals surface area contributed by atoms with Crippen LogP contribution in [0.2, 0.25) is 0 Å². The Morgan fingerprint density at radius 1 is 1.03 bits per heavy atom. The van der Waals surface area contributed by atoms with Crippen molar-refractivity contribution in [1.82, 2.24) is 14.8 Å². The molecule has 0 radical (unpaired) electrons. The molecule has 2 amide bonds. The summed E-state index contributed by atoms with van der Waals surface area (Å²) in [6, 6.07) is 18.3. The number of carbonyl (C=O) groups is 2. The van der Waals surface area contributed by atoms with E-state index in [4.69, 9.17) is 5.11 Å². The summed E-state index contributed by atoms with van der Waals surface area (Å²) in [6.07, 6.45) is 4.26. The Kier molecular flexibility index (Phi) is 6.67. The largest absolute Gasteiger partial charge is 0.395 e. The summed E-state index contributed by atoms with van der Waals surface area (Å²) in [7, 11) is 0. The molecule has 31 heavy (non-hydrogen) atoms. The number of hydrogen-bond acceptors (Lipinski definition) is 3. The summed E-state index contributed by atoms with van der Waals surface area (Å²) < 4.78 is 2.03. The van der Waals surface area contributed by atoms with E-state index in [1.54, 1.807) is 0 Å². The highest BCUT2D eigenvalue weighted by atomic mass is 16.3. The Bertz CT molecular complexity index is 1040. The van der Waals surface area contributed by atoms with Crippen molar-refractivity contribution in [1.29, 1.82) is 0 Å². The molecule has 0 aliphatic carbocycles. The lowest BCUT2D eigenvalue weighted by molar-refractivity contribution is -0.130. The standard InChI is InChI=1S/C25H29N3O3/c29-14-11-26-24(30)16-20-7-5-19(6-8-20)15-21-9-12-28(17-21)25(31)18-27-13-10-22-3-1-2-4-23(22)27/h1-8,10,13,21,29H,9,11-12,14-18H2,(H,26,30). The lowest BCUT2D eigenvalue weighted by atomic mass is 9.97. The number of rotatable bonds is 8. The number of aliphatic hydroxyl groups excluding tert-OH is 1. The average molecular weight is 420 g/mol. The molecule has 0 spiro atoms. The van der Waals surface area contributed by atoms with Crippen LogP contribution in [0.5, 0.6) is 0 Å². The minimum Gasteiger partial charge on any atom is -0.395 e. The molecule has 1 unspecified atom stereocenters. The zero-order valence-electron chi connectivity index (χ0n) is 17.7. The number of aliphatic hydroxyl groups is 1. The third kappa shape index (κ3) is 5.33. The monoisotopic (exact) mass is 419 g/mol. The van der Waals surface area contributed by atoms with Gasteiger partial charge in [-0.2, -0.15) is 0 Å². The molecule has 6 heteroatoms. The van der Waals surface area contributed by atoms with Crippen molar-refractivity contribution in [2.75, 3.05) is 26.2 Å². The molecule has 0 saturated carbocycles. The molecule has 4 rings (SSSR count). The summed E-state index contributed by atoms with van der Waals surface area (Å²) in [6.45, 7) is 2.23. The summed E-state index contributed by atoms with van der Waals surface area (Å²) in [5, 5.41) is 12.6. The van der Waals surface area contributed by atoms with Crippen LogP contribution in [0.1, 0.15) is 17.5 Å². The van der Waals surface area contributed by atoms with E-state index in [-0.39, 0.29) is 25.0 Å². The van der Waals surface area contributed by atoms with Crippen molar-refractivity contribution >= 4 is 22.7 Å². The van der Waals surface area contributed by atoms with Gasteiger partial charge in [0.15, 0.2) is 0 Å². The van der Waals surface area contributed by atoms with Gasteiger partial charge >= 0.3 is 0 Å². The lowest BCUT2D eigenvalue weighted by Crippen LogP contribution is -2.31. The Morgan fingerprint density at radius 3 is 2.61 bits per heavy atom. The Hall–Kier alpha value is -3.12.